The van der Waals surface area contributed by atoms with Gasteiger partial charge in [0, 0.05) is 29.7 Å². The van der Waals surface area contributed by atoms with Gasteiger partial charge >= 0.3 is 0 Å². The lowest BCUT2D eigenvalue weighted by atomic mass is 10.1. The summed E-state index contributed by atoms with van der Waals surface area (Å²) >= 11 is 5.95. The molecule has 0 amide bonds. The third-order valence-corrected chi connectivity index (χ3v) is 7.53. The number of benzene rings is 3. The topological polar surface area (TPSA) is 79.5 Å². The van der Waals surface area contributed by atoms with Crippen LogP contribution in [0.15, 0.2) is 88.6 Å². The molecule has 1 aromatic heterocycles. The summed E-state index contributed by atoms with van der Waals surface area (Å²) in [4.78, 5) is 15.8. The number of nitrogens with zero attached hydrogens (tertiary/aromatic N) is 1. The lowest BCUT2D eigenvalue weighted by Gasteiger charge is -2.22. The first-order chi connectivity index (χ1) is 15.9. The number of hydrogen-bond acceptors (Lipinski definition) is 4. The van der Waals surface area contributed by atoms with Crippen LogP contribution < -0.4 is 10.3 Å². The Hall–Kier alpha value is -3.13. The van der Waals surface area contributed by atoms with Crippen LogP contribution in [0.3, 0.4) is 0 Å². The fourth-order valence-electron chi connectivity index (χ4n) is 3.60. The standard InChI is InChI=1S/C25H23ClN2O4S/c1-32-22-10-7-19-15-20(25(29)27-24(19)16-22)17-28(14-13-18-5-3-2-4-6-18)33(30,31)23-11-8-21(26)9-12-23/h2-12,15-16H,13-14,17H2,1H3,(H,27,29). The van der Waals surface area contributed by atoms with Crippen molar-refractivity contribution in [3.05, 3.63) is 105 Å². The molecule has 0 saturated carbocycles. The van der Waals surface area contributed by atoms with Crippen LogP contribution in [-0.2, 0) is 23.0 Å². The van der Waals surface area contributed by atoms with Gasteiger partial charge in [0.05, 0.1) is 17.5 Å². The Bertz CT molecular complexity index is 1420. The van der Waals surface area contributed by atoms with E-state index in [4.69, 9.17) is 16.3 Å². The Morgan fingerprint density at radius 2 is 1.70 bits per heavy atom. The number of halogens is 1. The van der Waals surface area contributed by atoms with Gasteiger partial charge in [-0.15, -0.1) is 0 Å². The highest BCUT2D eigenvalue weighted by Crippen LogP contribution is 2.23. The van der Waals surface area contributed by atoms with Crippen LogP contribution in [0.4, 0.5) is 0 Å². The number of fused-ring (bicyclic) bond motifs is 1. The van der Waals surface area contributed by atoms with E-state index in [2.05, 4.69) is 4.98 Å². The minimum Gasteiger partial charge on any atom is -0.497 e. The molecule has 33 heavy (non-hydrogen) atoms. The zero-order chi connectivity index (χ0) is 23.4. The maximum absolute atomic E-state index is 13.5. The summed E-state index contributed by atoms with van der Waals surface area (Å²) in [6.07, 6.45) is 0.510. The Balaban J connectivity index is 1.70. The number of aromatic amines is 1. The summed E-state index contributed by atoms with van der Waals surface area (Å²) in [5.74, 6) is 0.626. The molecular formula is C25H23ClN2O4S. The third-order valence-electron chi connectivity index (χ3n) is 5.42. The van der Waals surface area contributed by atoms with Crippen molar-refractivity contribution >= 4 is 32.5 Å². The molecule has 4 aromatic rings. The number of aromatic nitrogens is 1. The van der Waals surface area contributed by atoms with Crippen LogP contribution in [-0.4, -0.2) is 31.4 Å². The first-order valence-corrected chi connectivity index (χ1v) is 12.2. The Morgan fingerprint density at radius 1 is 0.970 bits per heavy atom. The highest BCUT2D eigenvalue weighted by Gasteiger charge is 2.25. The number of sulfonamides is 1. The first kappa shape index (κ1) is 23.0. The molecule has 0 aliphatic carbocycles. The second-order valence-electron chi connectivity index (χ2n) is 7.60. The zero-order valence-electron chi connectivity index (χ0n) is 18.0. The third kappa shape index (κ3) is 5.27. The fraction of sp³-hybridized carbons (Fsp3) is 0.160. The average Bonchev–Trinajstić information content (AvgIpc) is 2.82. The van der Waals surface area contributed by atoms with Gasteiger partial charge < -0.3 is 9.72 Å². The molecule has 1 N–H and O–H groups in total. The van der Waals surface area contributed by atoms with E-state index in [9.17, 15) is 13.2 Å². The highest BCUT2D eigenvalue weighted by molar-refractivity contribution is 7.89. The smallest absolute Gasteiger partial charge is 0.252 e. The lowest BCUT2D eigenvalue weighted by molar-refractivity contribution is 0.408. The minimum atomic E-state index is -3.86. The van der Waals surface area contributed by atoms with Gasteiger partial charge in [-0.3, -0.25) is 4.79 Å². The van der Waals surface area contributed by atoms with Gasteiger partial charge in [0.1, 0.15) is 5.75 Å². The molecule has 4 rings (SSSR count). The van der Waals surface area contributed by atoms with Crippen molar-refractivity contribution < 1.29 is 13.2 Å². The van der Waals surface area contributed by atoms with Crippen molar-refractivity contribution in [3.63, 3.8) is 0 Å². The second kappa shape index (κ2) is 9.79. The maximum atomic E-state index is 13.5. The molecule has 170 valence electrons. The number of H-pyrrole nitrogens is 1. The normalized spacial score (nSPS) is 11.7. The molecule has 0 aliphatic rings. The molecule has 0 unspecified atom stereocenters. The number of nitrogens with one attached hydrogen (secondary N) is 1. The largest absolute Gasteiger partial charge is 0.497 e. The fourth-order valence-corrected chi connectivity index (χ4v) is 5.14. The molecule has 0 atom stereocenters. The van der Waals surface area contributed by atoms with Crippen molar-refractivity contribution in [3.8, 4) is 5.75 Å². The van der Waals surface area contributed by atoms with Gasteiger partial charge in [-0.2, -0.15) is 4.31 Å². The summed E-state index contributed by atoms with van der Waals surface area (Å²) in [6.45, 7) is 0.157. The molecule has 0 spiro atoms. The van der Waals surface area contributed by atoms with E-state index in [1.54, 1.807) is 37.4 Å². The molecule has 0 aliphatic heterocycles. The molecule has 0 radical (unpaired) electrons. The van der Waals surface area contributed by atoms with Gasteiger partial charge in [0.15, 0.2) is 0 Å². The van der Waals surface area contributed by atoms with E-state index >= 15 is 0 Å². The van der Waals surface area contributed by atoms with Gasteiger partial charge in [-0.25, -0.2) is 8.42 Å². The molecule has 0 bridgehead atoms. The van der Waals surface area contributed by atoms with Crippen LogP contribution in [0.5, 0.6) is 5.75 Å². The van der Waals surface area contributed by atoms with Crippen molar-refractivity contribution in [2.45, 2.75) is 17.9 Å². The number of methoxy groups -OCH3 is 1. The van der Waals surface area contributed by atoms with Gasteiger partial charge in [-0.1, -0.05) is 41.9 Å². The van der Waals surface area contributed by atoms with Crippen molar-refractivity contribution in [2.24, 2.45) is 0 Å². The summed E-state index contributed by atoms with van der Waals surface area (Å²) in [5, 5.41) is 1.24. The number of pyridine rings is 1. The first-order valence-electron chi connectivity index (χ1n) is 10.4. The van der Waals surface area contributed by atoms with Crippen LogP contribution in [0.2, 0.25) is 5.02 Å². The van der Waals surface area contributed by atoms with Crippen LogP contribution in [0.25, 0.3) is 10.9 Å². The van der Waals surface area contributed by atoms with Gasteiger partial charge in [-0.05, 0) is 59.8 Å². The summed E-state index contributed by atoms with van der Waals surface area (Å²) in [5.41, 5.74) is 1.65. The van der Waals surface area contributed by atoms with E-state index in [0.717, 1.165) is 10.9 Å². The highest BCUT2D eigenvalue weighted by atomic mass is 35.5. The molecule has 8 heteroatoms. The van der Waals surface area contributed by atoms with Crippen LogP contribution in [0.1, 0.15) is 11.1 Å². The van der Waals surface area contributed by atoms with E-state index < -0.39 is 10.0 Å². The molecule has 1 heterocycles. The second-order valence-corrected chi connectivity index (χ2v) is 9.98. The van der Waals surface area contributed by atoms with E-state index in [1.165, 1.54) is 16.4 Å². The summed E-state index contributed by atoms with van der Waals surface area (Å²) in [6, 6.07) is 22.7. The average molecular weight is 483 g/mol. The predicted molar refractivity (Wildman–Crippen MR) is 130 cm³/mol. The summed E-state index contributed by atoms with van der Waals surface area (Å²) in [7, 11) is -2.31. The summed E-state index contributed by atoms with van der Waals surface area (Å²) < 4.78 is 33.5. The molecule has 6 nitrogen and oxygen atoms in total. The molecule has 0 saturated heterocycles. The SMILES string of the molecule is COc1ccc2cc(CN(CCc3ccccc3)S(=O)(=O)c3ccc(Cl)cc3)c(=O)[nH]c2c1. The Kier molecular flexibility index (Phi) is 6.83. The minimum absolute atomic E-state index is 0.0604. The lowest BCUT2D eigenvalue weighted by Crippen LogP contribution is -2.34. The number of ether oxygens (including phenoxy) is 1. The molecule has 3 aromatic carbocycles. The van der Waals surface area contributed by atoms with Crippen molar-refractivity contribution in [1.82, 2.24) is 9.29 Å². The maximum Gasteiger partial charge on any atom is 0.252 e. The van der Waals surface area contributed by atoms with E-state index in [1.807, 2.05) is 36.4 Å². The van der Waals surface area contributed by atoms with Crippen LogP contribution in [0, 0.1) is 0 Å². The van der Waals surface area contributed by atoms with E-state index in [0.29, 0.717) is 28.3 Å². The van der Waals surface area contributed by atoms with Crippen molar-refractivity contribution in [2.75, 3.05) is 13.7 Å². The van der Waals surface area contributed by atoms with Crippen molar-refractivity contribution in [1.29, 1.82) is 0 Å². The Labute approximate surface area is 197 Å². The predicted octanol–water partition coefficient (Wildman–Crippen LogP) is 4.62. The number of rotatable bonds is 8. The monoisotopic (exact) mass is 482 g/mol. The zero-order valence-corrected chi connectivity index (χ0v) is 19.6. The van der Waals surface area contributed by atoms with Gasteiger partial charge in [0.25, 0.3) is 5.56 Å². The Morgan fingerprint density at radius 3 is 2.39 bits per heavy atom. The van der Waals surface area contributed by atoms with E-state index in [-0.39, 0.29) is 23.5 Å². The number of hydrogen-bond donors (Lipinski definition) is 1. The van der Waals surface area contributed by atoms with Gasteiger partial charge in [0.2, 0.25) is 10.0 Å². The quantitative estimate of drug-likeness (QED) is 0.397. The molecular weight excluding hydrogens is 460 g/mol. The molecule has 0 fully saturated rings. The van der Waals surface area contributed by atoms with Crippen LogP contribution >= 0.6 is 11.6 Å².